The molecule has 1 saturated carbocycles. The summed E-state index contributed by atoms with van der Waals surface area (Å²) in [5, 5.41) is 17.9. The van der Waals surface area contributed by atoms with Crippen molar-refractivity contribution < 1.29 is 9.90 Å². The first kappa shape index (κ1) is 14.3. The number of carboxylic acid groups (broad SMARTS) is 1. The zero-order valence-corrected chi connectivity index (χ0v) is 13.3. The zero-order valence-electron chi connectivity index (χ0n) is 12.6. The highest BCUT2D eigenvalue weighted by Crippen LogP contribution is 2.45. The summed E-state index contributed by atoms with van der Waals surface area (Å²) in [6.07, 6.45) is 3.96. The molecule has 6 heteroatoms. The molecule has 1 aliphatic heterocycles. The van der Waals surface area contributed by atoms with E-state index in [0.717, 1.165) is 34.8 Å². The first-order chi connectivity index (χ1) is 11.1. The maximum absolute atomic E-state index is 11.8. The third kappa shape index (κ3) is 2.32. The van der Waals surface area contributed by atoms with Crippen LogP contribution in [0.1, 0.15) is 42.9 Å². The van der Waals surface area contributed by atoms with Gasteiger partial charge in [0.05, 0.1) is 11.8 Å². The molecule has 4 rings (SSSR count). The van der Waals surface area contributed by atoms with Crippen molar-refractivity contribution in [1.29, 1.82) is 0 Å². The summed E-state index contributed by atoms with van der Waals surface area (Å²) in [6, 6.07) is 7.19. The van der Waals surface area contributed by atoms with Gasteiger partial charge in [-0.25, -0.2) is 9.48 Å². The lowest BCUT2D eigenvalue weighted by molar-refractivity contribution is -0.133. The van der Waals surface area contributed by atoms with E-state index in [0.29, 0.717) is 17.2 Å². The molecule has 2 N–H and O–H groups in total. The second kappa shape index (κ2) is 5.13. The number of benzene rings is 1. The van der Waals surface area contributed by atoms with Gasteiger partial charge in [0.1, 0.15) is 11.9 Å². The Morgan fingerprint density at radius 1 is 1.39 bits per heavy atom. The maximum Gasteiger partial charge on any atom is 0.335 e. The molecular weight excluding hydrogens is 314 g/mol. The molecule has 2 aliphatic rings. The molecule has 23 heavy (non-hydrogen) atoms. The fraction of sp³-hybridized carbons (Fsp3) is 0.294. The summed E-state index contributed by atoms with van der Waals surface area (Å²) < 4.78 is 1.72. The molecule has 1 aliphatic carbocycles. The molecule has 0 amide bonds. The number of aromatic nitrogens is 2. The van der Waals surface area contributed by atoms with Crippen LogP contribution in [0.15, 0.2) is 41.7 Å². The standard InChI is InChI=1S/C17H16ClN3O2/c1-9-15(17(22)23)16(21-14(20-9)6-7-19-21)11-4-5-13(18)12(8-11)10-2-3-10/h4-8,10,16,20H,2-3H2,1H3,(H,22,23). The lowest BCUT2D eigenvalue weighted by Gasteiger charge is -2.28. The summed E-state index contributed by atoms with van der Waals surface area (Å²) in [5.41, 5.74) is 2.96. The fourth-order valence-electron chi connectivity index (χ4n) is 3.23. The number of carbonyl (C=O) groups is 1. The molecule has 1 fully saturated rings. The Hall–Kier alpha value is -2.27. The minimum Gasteiger partial charge on any atom is -0.478 e. The van der Waals surface area contributed by atoms with Crippen LogP contribution in [0.3, 0.4) is 0 Å². The molecule has 5 nitrogen and oxygen atoms in total. The van der Waals surface area contributed by atoms with Crippen LogP contribution < -0.4 is 5.32 Å². The van der Waals surface area contributed by atoms with E-state index in [-0.39, 0.29) is 0 Å². The van der Waals surface area contributed by atoms with Crippen molar-refractivity contribution in [3.63, 3.8) is 0 Å². The van der Waals surface area contributed by atoms with Gasteiger partial charge in [0.25, 0.3) is 0 Å². The number of nitrogens with zero attached hydrogens (tertiary/aromatic N) is 2. The number of hydrogen-bond donors (Lipinski definition) is 2. The van der Waals surface area contributed by atoms with Gasteiger partial charge in [-0.05, 0) is 42.9 Å². The smallest absolute Gasteiger partial charge is 0.335 e. The number of nitrogens with one attached hydrogen (secondary N) is 1. The monoisotopic (exact) mass is 329 g/mol. The molecule has 1 aromatic carbocycles. The molecule has 0 spiro atoms. The Morgan fingerprint density at radius 3 is 2.87 bits per heavy atom. The highest BCUT2D eigenvalue weighted by Gasteiger charge is 2.34. The van der Waals surface area contributed by atoms with Gasteiger partial charge in [-0.3, -0.25) is 0 Å². The van der Waals surface area contributed by atoms with E-state index in [1.807, 2.05) is 24.3 Å². The van der Waals surface area contributed by atoms with E-state index in [1.165, 1.54) is 0 Å². The van der Waals surface area contributed by atoms with E-state index in [4.69, 9.17) is 11.6 Å². The highest BCUT2D eigenvalue weighted by atomic mass is 35.5. The van der Waals surface area contributed by atoms with Crippen LogP contribution in [0.25, 0.3) is 0 Å². The predicted octanol–water partition coefficient (Wildman–Crippen LogP) is 3.79. The van der Waals surface area contributed by atoms with Crippen molar-refractivity contribution >= 4 is 23.4 Å². The SMILES string of the molecule is CC1=C(C(=O)O)C(c2ccc(Cl)c(C3CC3)c2)n2nccc2N1. The fourth-order valence-corrected chi connectivity index (χ4v) is 3.50. The van der Waals surface area contributed by atoms with Crippen molar-refractivity contribution in [1.82, 2.24) is 9.78 Å². The van der Waals surface area contributed by atoms with Crippen LogP contribution in [0.5, 0.6) is 0 Å². The molecule has 1 aromatic heterocycles. The average molecular weight is 330 g/mol. The number of aliphatic carboxylic acids is 1. The zero-order chi connectivity index (χ0) is 16.1. The van der Waals surface area contributed by atoms with Crippen molar-refractivity contribution in [3.8, 4) is 0 Å². The van der Waals surface area contributed by atoms with Gasteiger partial charge < -0.3 is 10.4 Å². The Kier molecular flexibility index (Phi) is 3.20. The molecule has 118 valence electrons. The number of fused-ring (bicyclic) bond motifs is 1. The number of anilines is 1. The van der Waals surface area contributed by atoms with Gasteiger partial charge in [0.15, 0.2) is 0 Å². The van der Waals surface area contributed by atoms with E-state index in [9.17, 15) is 9.90 Å². The normalized spacial score (nSPS) is 20.2. The Bertz CT molecular complexity index is 836. The van der Waals surface area contributed by atoms with Gasteiger partial charge in [-0.2, -0.15) is 5.10 Å². The third-order valence-corrected chi connectivity index (χ3v) is 4.84. The minimum absolute atomic E-state index is 0.310. The van der Waals surface area contributed by atoms with Gasteiger partial charge in [-0.1, -0.05) is 23.7 Å². The number of rotatable bonds is 3. The largest absolute Gasteiger partial charge is 0.478 e. The van der Waals surface area contributed by atoms with E-state index >= 15 is 0 Å². The van der Waals surface area contributed by atoms with E-state index < -0.39 is 12.0 Å². The van der Waals surface area contributed by atoms with Crippen molar-refractivity contribution in [2.24, 2.45) is 0 Å². The quantitative estimate of drug-likeness (QED) is 0.899. The molecule has 2 heterocycles. The lowest BCUT2D eigenvalue weighted by Crippen LogP contribution is -2.28. The Morgan fingerprint density at radius 2 is 2.17 bits per heavy atom. The van der Waals surface area contributed by atoms with Crippen LogP contribution >= 0.6 is 11.6 Å². The molecule has 1 atom stereocenters. The predicted molar refractivity (Wildman–Crippen MR) is 87.8 cm³/mol. The summed E-state index contributed by atoms with van der Waals surface area (Å²) in [5.74, 6) is 0.351. The van der Waals surface area contributed by atoms with Crippen LogP contribution in [0.2, 0.25) is 5.02 Å². The van der Waals surface area contributed by atoms with Gasteiger partial charge >= 0.3 is 5.97 Å². The van der Waals surface area contributed by atoms with Crippen molar-refractivity contribution in [2.45, 2.75) is 31.7 Å². The number of hydrogen-bond acceptors (Lipinski definition) is 3. The first-order valence-corrected chi connectivity index (χ1v) is 7.98. The van der Waals surface area contributed by atoms with Crippen molar-refractivity contribution in [3.05, 3.63) is 57.9 Å². The van der Waals surface area contributed by atoms with Gasteiger partial charge in [0.2, 0.25) is 0 Å². The molecule has 0 saturated heterocycles. The maximum atomic E-state index is 11.8. The van der Waals surface area contributed by atoms with Crippen molar-refractivity contribution in [2.75, 3.05) is 5.32 Å². The summed E-state index contributed by atoms with van der Waals surface area (Å²) in [7, 11) is 0. The van der Waals surface area contributed by atoms with E-state index in [1.54, 1.807) is 17.8 Å². The minimum atomic E-state index is -0.941. The molecular formula is C17H16ClN3O2. The van der Waals surface area contributed by atoms with Crippen LogP contribution in [0, 0.1) is 0 Å². The third-order valence-electron chi connectivity index (χ3n) is 4.49. The molecule has 0 bridgehead atoms. The molecule has 2 aromatic rings. The van der Waals surface area contributed by atoms with Gasteiger partial charge in [-0.15, -0.1) is 0 Å². The Balaban J connectivity index is 1.89. The second-order valence-corrected chi connectivity index (χ2v) is 6.49. The summed E-state index contributed by atoms with van der Waals surface area (Å²) in [4.78, 5) is 11.8. The molecule has 1 unspecified atom stereocenters. The summed E-state index contributed by atoms with van der Waals surface area (Å²) >= 11 is 6.31. The number of halogens is 1. The number of allylic oxidation sites excluding steroid dienone is 1. The first-order valence-electron chi connectivity index (χ1n) is 7.60. The van der Waals surface area contributed by atoms with Crippen LogP contribution in [-0.2, 0) is 4.79 Å². The molecule has 0 radical (unpaired) electrons. The summed E-state index contributed by atoms with van der Waals surface area (Å²) in [6.45, 7) is 1.78. The van der Waals surface area contributed by atoms with Crippen LogP contribution in [0.4, 0.5) is 5.82 Å². The highest BCUT2D eigenvalue weighted by molar-refractivity contribution is 6.31. The number of carboxylic acids is 1. The second-order valence-electron chi connectivity index (χ2n) is 6.09. The van der Waals surface area contributed by atoms with Gasteiger partial charge in [0, 0.05) is 16.8 Å². The topological polar surface area (TPSA) is 67.1 Å². The van der Waals surface area contributed by atoms with Crippen LogP contribution in [-0.4, -0.2) is 20.9 Å². The average Bonchev–Trinajstić information content (AvgIpc) is 3.24. The lowest BCUT2D eigenvalue weighted by atomic mass is 9.93. The van der Waals surface area contributed by atoms with E-state index in [2.05, 4.69) is 10.4 Å². The Labute approximate surface area is 138 Å².